The largest absolute Gasteiger partial charge is 0.379 e. The van der Waals surface area contributed by atoms with Crippen molar-refractivity contribution in [2.75, 3.05) is 52.5 Å². The van der Waals surface area contributed by atoms with E-state index in [1.54, 1.807) is 6.20 Å². The Bertz CT molecular complexity index is 784. The maximum atomic E-state index is 5.47. The van der Waals surface area contributed by atoms with E-state index in [2.05, 4.69) is 51.4 Å². The molecule has 2 aliphatic rings. The lowest BCUT2D eigenvalue weighted by atomic mass is 10.1. The first-order valence-electron chi connectivity index (χ1n) is 10.7. The molecule has 4 rings (SSSR count). The van der Waals surface area contributed by atoms with Crippen molar-refractivity contribution in [2.45, 2.75) is 19.9 Å². The van der Waals surface area contributed by atoms with Crippen molar-refractivity contribution in [1.29, 1.82) is 0 Å². The molecule has 29 heavy (non-hydrogen) atoms. The summed E-state index contributed by atoms with van der Waals surface area (Å²) >= 11 is 0. The second kappa shape index (κ2) is 9.89. The SMILES string of the molecule is CCNC(=NCc1cccc(-n2cccn2)c1)N1CCC(CN2CCOCC2)C1. The highest BCUT2D eigenvalue weighted by molar-refractivity contribution is 5.80. The van der Waals surface area contributed by atoms with E-state index >= 15 is 0 Å². The molecule has 0 amide bonds. The Hall–Kier alpha value is -2.38. The van der Waals surface area contributed by atoms with Crippen LogP contribution in [-0.4, -0.2) is 78.0 Å². The summed E-state index contributed by atoms with van der Waals surface area (Å²) in [6, 6.07) is 10.4. The third-order valence-corrected chi connectivity index (χ3v) is 5.63. The van der Waals surface area contributed by atoms with Crippen molar-refractivity contribution in [1.82, 2.24) is 24.9 Å². The topological polar surface area (TPSA) is 57.9 Å². The first kappa shape index (κ1) is 19.9. The molecule has 1 aromatic heterocycles. The van der Waals surface area contributed by atoms with E-state index in [-0.39, 0.29) is 0 Å². The van der Waals surface area contributed by atoms with Crippen molar-refractivity contribution in [2.24, 2.45) is 10.9 Å². The highest BCUT2D eigenvalue weighted by atomic mass is 16.5. The maximum Gasteiger partial charge on any atom is 0.194 e. The Kier molecular flexibility index (Phi) is 6.79. The van der Waals surface area contributed by atoms with Gasteiger partial charge in [0.05, 0.1) is 25.4 Å². The molecular weight excluding hydrogens is 364 g/mol. The van der Waals surface area contributed by atoms with Gasteiger partial charge in [0.15, 0.2) is 5.96 Å². The third kappa shape index (κ3) is 5.36. The number of hydrogen-bond acceptors (Lipinski definition) is 4. The molecule has 0 aliphatic carbocycles. The van der Waals surface area contributed by atoms with Crippen LogP contribution in [0.2, 0.25) is 0 Å². The van der Waals surface area contributed by atoms with E-state index in [1.165, 1.54) is 18.5 Å². The van der Waals surface area contributed by atoms with Crippen LogP contribution in [0.15, 0.2) is 47.7 Å². The normalized spacial score (nSPS) is 20.9. The van der Waals surface area contributed by atoms with Gasteiger partial charge in [-0.2, -0.15) is 5.10 Å². The number of rotatable bonds is 6. The summed E-state index contributed by atoms with van der Waals surface area (Å²) in [5, 5.41) is 7.81. The molecule has 0 radical (unpaired) electrons. The number of ether oxygens (including phenoxy) is 1. The second-order valence-corrected chi connectivity index (χ2v) is 7.80. The van der Waals surface area contributed by atoms with Gasteiger partial charge >= 0.3 is 0 Å². The average Bonchev–Trinajstić information content (AvgIpc) is 3.45. The fraction of sp³-hybridized carbons (Fsp3) is 0.545. The zero-order chi connectivity index (χ0) is 19.9. The lowest BCUT2D eigenvalue weighted by Gasteiger charge is -2.29. The van der Waals surface area contributed by atoms with Crippen molar-refractivity contribution < 1.29 is 4.74 Å². The smallest absolute Gasteiger partial charge is 0.194 e. The predicted molar refractivity (Wildman–Crippen MR) is 115 cm³/mol. The Morgan fingerprint density at radius 2 is 2.14 bits per heavy atom. The fourth-order valence-corrected chi connectivity index (χ4v) is 4.13. The first-order valence-corrected chi connectivity index (χ1v) is 10.7. The number of nitrogens with one attached hydrogen (secondary N) is 1. The summed E-state index contributed by atoms with van der Waals surface area (Å²) in [4.78, 5) is 9.90. The fourth-order valence-electron chi connectivity index (χ4n) is 4.13. The summed E-state index contributed by atoms with van der Waals surface area (Å²) in [5.41, 5.74) is 2.26. The lowest BCUT2D eigenvalue weighted by Crippen LogP contribution is -2.42. The van der Waals surface area contributed by atoms with Crippen molar-refractivity contribution in [3.05, 3.63) is 48.3 Å². The highest BCUT2D eigenvalue weighted by Crippen LogP contribution is 2.19. The molecule has 7 nitrogen and oxygen atoms in total. The minimum atomic E-state index is 0.669. The van der Waals surface area contributed by atoms with Crippen LogP contribution in [0.3, 0.4) is 0 Å². The van der Waals surface area contributed by atoms with Crippen LogP contribution in [0.1, 0.15) is 18.9 Å². The van der Waals surface area contributed by atoms with Gasteiger partial charge in [-0.15, -0.1) is 0 Å². The number of nitrogens with zero attached hydrogens (tertiary/aromatic N) is 5. The number of guanidine groups is 1. The molecule has 2 aliphatic heterocycles. The van der Waals surface area contributed by atoms with Crippen LogP contribution < -0.4 is 5.32 Å². The van der Waals surface area contributed by atoms with Gasteiger partial charge in [-0.1, -0.05) is 12.1 Å². The van der Waals surface area contributed by atoms with E-state index in [1.807, 2.05) is 16.9 Å². The number of morpholine rings is 1. The van der Waals surface area contributed by atoms with Gasteiger partial charge in [-0.05, 0) is 43.0 Å². The summed E-state index contributed by atoms with van der Waals surface area (Å²) < 4.78 is 7.36. The van der Waals surface area contributed by atoms with Gasteiger partial charge in [-0.3, -0.25) is 4.90 Å². The lowest BCUT2D eigenvalue weighted by molar-refractivity contribution is 0.0315. The van der Waals surface area contributed by atoms with E-state index in [9.17, 15) is 0 Å². The van der Waals surface area contributed by atoms with Gasteiger partial charge in [0, 0.05) is 51.7 Å². The molecule has 0 spiro atoms. The average molecular weight is 397 g/mol. The van der Waals surface area contributed by atoms with Crippen molar-refractivity contribution >= 4 is 5.96 Å². The molecular formula is C22H32N6O. The van der Waals surface area contributed by atoms with Gasteiger partial charge in [0.1, 0.15) is 0 Å². The third-order valence-electron chi connectivity index (χ3n) is 5.63. The van der Waals surface area contributed by atoms with Crippen LogP contribution >= 0.6 is 0 Å². The summed E-state index contributed by atoms with van der Waals surface area (Å²) in [6.45, 7) is 10.9. The molecule has 2 saturated heterocycles. The molecule has 2 fully saturated rings. The maximum absolute atomic E-state index is 5.47. The predicted octanol–water partition coefficient (Wildman–Crippen LogP) is 1.99. The molecule has 0 bridgehead atoms. The van der Waals surface area contributed by atoms with Gasteiger partial charge in [0.2, 0.25) is 0 Å². The molecule has 1 aromatic carbocycles. The standard InChI is InChI=1S/C22H32N6O/c1-2-23-22(27-10-7-20(18-27)17-26-11-13-29-14-12-26)24-16-19-5-3-6-21(15-19)28-9-4-8-25-28/h3-6,8-9,15,20H,2,7,10-14,16-18H2,1H3,(H,23,24). The molecule has 1 unspecified atom stereocenters. The molecule has 2 aromatic rings. The van der Waals surface area contributed by atoms with Crippen molar-refractivity contribution in [3.63, 3.8) is 0 Å². The number of likely N-dealkylation sites (tertiary alicyclic amines) is 1. The molecule has 7 heteroatoms. The first-order chi connectivity index (χ1) is 14.3. The number of benzene rings is 1. The Morgan fingerprint density at radius 1 is 1.24 bits per heavy atom. The van der Waals surface area contributed by atoms with E-state index in [4.69, 9.17) is 9.73 Å². The number of aromatic nitrogens is 2. The van der Waals surface area contributed by atoms with E-state index in [0.29, 0.717) is 12.5 Å². The Labute approximate surface area is 173 Å². The van der Waals surface area contributed by atoms with E-state index < -0.39 is 0 Å². The molecule has 3 heterocycles. The number of hydrogen-bond donors (Lipinski definition) is 1. The van der Waals surface area contributed by atoms with Crippen LogP contribution in [-0.2, 0) is 11.3 Å². The van der Waals surface area contributed by atoms with Crippen LogP contribution in [0.4, 0.5) is 0 Å². The van der Waals surface area contributed by atoms with Gasteiger partial charge in [0.25, 0.3) is 0 Å². The number of aliphatic imine (C=N–C) groups is 1. The monoisotopic (exact) mass is 396 g/mol. The van der Waals surface area contributed by atoms with Crippen LogP contribution in [0, 0.1) is 5.92 Å². The summed E-state index contributed by atoms with van der Waals surface area (Å²) in [6.07, 6.45) is 5.00. The molecule has 156 valence electrons. The summed E-state index contributed by atoms with van der Waals surface area (Å²) in [5.74, 6) is 1.74. The van der Waals surface area contributed by atoms with Crippen LogP contribution in [0.5, 0.6) is 0 Å². The van der Waals surface area contributed by atoms with E-state index in [0.717, 1.165) is 57.6 Å². The Morgan fingerprint density at radius 3 is 2.93 bits per heavy atom. The molecule has 1 atom stereocenters. The second-order valence-electron chi connectivity index (χ2n) is 7.80. The minimum absolute atomic E-state index is 0.669. The van der Waals surface area contributed by atoms with Gasteiger partial charge in [-0.25, -0.2) is 9.67 Å². The summed E-state index contributed by atoms with van der Waals surface area (Å²) in [7, 11) is 0. The zero-order valence-electron chi connectivity index (χ0n) is 17.3. The molecule has 1 N–H and O–H groups in total. The quantitative estimate of drug-likeness (QED) is 0.598. The highest BCUT2D eigenvalue weighted by Gasteiger charge is 2.27. The van der Waals surface area contributed by atoms with Crippen molar-refractivity contribution in [3.8, 4) is 5.69 Å². The van der Waals surface area contributed by atoms with Gasteiger partial charge < -0.3 is 15.0 Å². The minimum Gasteiger partial charge on any atom is -0.379 e. The molecule has 0 saturated carbocycles. The van der Waals surface area contributed by atoms with Crippen LogP contribution in [0.25, 0.3) is 5.69 Å². The Balaban J connectivity index is 1.37. The zero-order valence-corrected chi connectivity index (χ0v) is 17.3.